The van der Waals surface area contributed by atoms with E-state index in [1.165, 1.54) is 24.5 Å². The highest BCUT2D eigenvalue weighted by atomic mass is 35.5. The maximum absolute atomic E-state index is 10.7. The largest absolute Gasteiger partial charge is 0.288 e. The van der Waals surface area contributed by atoms with Crippen LogP contribution in [0.25, 0.3) is 11.3 Å². The van der Waals surface area contributed by atoms with Gasteiger partial charge in [0.25, 0.3) is 5.69 Å². The van der Waals surface area contributed by atoms with E-state index < -0.39 is 4.92 Å². The molecule has 0 atom stereocenters. The van der Waals surface area contributed by atoms with Gasteiger partial charge < -0.3 is 0 Å². The maximum Gasteiger partial charge on any atom is 0.288 e. The quantitative estimate of drug-likeness (QED) is 0.476. The van der Waals surface area contributed by atoms with Crippen LogP contribution >= 0.6 is 23.2 Å². The predicted molar refractivity (Wildman–Crippen MR) is 64.1 cm³/mol. The van der Waals surface area contributed by atoms with Crippen molar-refractivity contribution in [2.45, 2.75) is 0 Å². The van der Waals surface area contributed by atoms with E-state index in [1.807, 2.05) is 0 Å². The Balaban J connectivity index is 2.54. The molecule has 0 radical (unpaired) electrons. The van der Waals surface area contributed by atoms with E-state index in [4.69, 9.17) is 23.2 Å². The van der Waals surface area contributed by atoms with Crippen LogP contribution in [0, 0.1) is 10.1 Å². The summed E-state index contributed by atoms with van der Waals surface area (Å²) in [6.45, 7) is 0. The fourth-order valence-corrected chi connectivity index (χ4v) is 1.64. The molecule has 17 heavy (non-hydrogen) atoms. The van der Waals surface area contributed by atoms with Crippen molar-refractivity contribution in [1.82, 2.24) is 9.97 Å². The first kappa shape index (κ1) is 11.8. The summed E-state index contributed by atoms with van der Waals surface area (Å²) in [7, 11) is 0. The molecule has 2 aromatic rings. The Labute approximate surface area is 106 Å². The van der Waals surface area contributed by atoms with Crippen molar-refractivity contribution in [2.75, 3.05) is 0 Å². The van der Waals surface area contributed by atoms with Crippen molar-refractivity contribution >= 4 is 28.9 Å². The number of rotatable bonds is 2. The molecule has 86 valence electrons. The number of nitrogens with zero attached hydrogens (tertiary/aromatic N) is 3. The van der Waals surface area contributed by atoms with E-state index in [9.17, 15) is 10.1 Å². The first-order valence-electron chi connectivity index (χ1n) is 4.50. The minimum atomic E-state index is -0.547. The third-order valence-corrected chi connectivity index (χ3v) is 2.60. The van der Waals surface area contributed by atoms with Gasteiger partial charge in [0.2, 0.25) is 0 Å². The van der Waals surface area contributed by atoms with E-state index >= 15 is 0 Å². The van der Waals surface area contributed by atoms with E-state index in [1.54, 1.807) is 6.07 Å². The Hall–Kier alpha value is -1.72. The third kappa shape index (κ3) is 2.51. The zero-order valence-corrected chi connectivity index (χ0v) is 9.81. The summed E-state index contributed by atoms with van der Waals surface area (Å²) in [5, 5.41) is 11.1. The first-order valence-corrected chi connectivity index (χ1v) is 5.25. The van der Waals surface area contributed by atoms with Gasteiger partial charge in [-0.25, -0.2) is 9.97 Å². The molecule has 0 unspecified atom stereocenters. The number of aromatic nitrogens is 2. The molecule has 0 amide bonds. The summed E-state index contributed by atoms with van der Waals surface area (Å²) in [5.74, 6) is 0. The van der Waals surface area contributed by atoms with Gasteiger partial charge >= 0.3 is 0 Å². The summed E-state index contributed by atoms with van der Waals surface area (Å²) in [4.78, 5) is 17.9. The standard InChI is InChI=1S/C10H5Cl2N3O2/c11-7-2-1-6(3-9(7)15(16)17)8-4-10(12)14-5-13-8/h1-5H. The van der Waals surface area contributed by atoms with Crippen molar-refractivity contribution in [3.8, 4) is 11.3 Å². The summed E-state index contributed by atoms with van der Waals surface area (Å²) >= 11 is 11.4. The van der Waals surface area contributed by atoms with Crippen LogP contribution < -0.4 is 0 Å². The lowest BCUT2D eigenvalue weighted by Crippen LogP contribution is -1.91. The van der Waals surface area contributed by atoms with Gasteiger partial charge in [-0.2, -0.15) is 0 Å². The topological polar surface area (TPSA) is 68.9 Å². The zero-order valence-electron chi connectivity index (χ0n) is 8.30. The van der Waals surface area contributed by atoms with Gasteiger partial charge in [-0.1, -0.05) is 29.3 Å². The number of hydrogen-bond donors (Lipinski definition) is 0. The Morgan fingerprint density at radius 2 is 1.94 bits per heavy atom. The lowest BCUT2D eigenvalue weighted by Gasteiger charge is -2.01. The Bertz CT molecular complexity index is 590. The van der Waals surface area contributed by atoms with Crippen LogP contribution in [0.4, 0.5) is 5.69 Å². The smallest absolute Gasteiger partial charge is 0.258 e. The average molecular weight is 270 g/mol. The fourth-order valence-electron chi connectivity index (χ4n) is 1.30. The van der Waals surface area contributed by atoms with Crippen LogP contribution in [-0.4, -0.2) is 14.9 Å². The van der Waals surface area contributed by atoms with Gasteiger partial charge in [-0.05, 0) is 6.07 Å². The second-order valence-corrected chi connectivity index (χ2v) is 3.94. The van der Waals surface area contributed by atoms with E-state index in [0.717, 1.165) is 0 Å². The molecule has 5 nitrogen and oxygen atoms in total. The molecular weight excluding hydrogens is 265 g/mol. The van der Waals surface area contributed by atoms with E-state index in [0.29, 0.717) is 11.3 Å². The lowest BCUT2D eigenvalue weighted by molar-refractivity contribution is -0.384. The van der Waals surface area contributed by atoms with Crippen molar-refractivity contribution in [3.05, 3.63) is 50.9 Å². The molecule has 0 bridgehead atoms. The number of nitro groups is 1. The van der Waals surface area contributed by atoms with Gasteiger partial charge in [0.1, 0.15) is 16.5 Å². The highest BCUT2D eigenvalue weighted by Gasteiger charge is 2.14. The first-order chi connectivity index (χ1) is 8.08. The number of halogens is 2. The second-order valence-electron chi connectivity index (χ2n) is 3.15. The fraction of sp³-hybridized carbons (Fsp3) is 0. The van der Waals surface area contributed by atoms with Gasteiger partial charge in [0.05, 0.1) is 10.6 Å². The summed E-state index contributed by atoms with van der Waals surface area (Å²) in [6.07, 6.45) is 1.29. The predicted octanol–water partition coefficient (Wildman–Crippen LogP) is 3.36. The van der Waals surface area contributed by atoms with Crippen molar-refractivity contribution in [3.63, 3.8) is 0 Å². The monoisotopic (exact) mass is 269 g/mol. The average Bonchev–Trinajstić information content (AvgIpc) is 2.29. The second kappa shape index (κ2) is 4.65. The molecule has 0 spiro atoms. The molecule has 0 saturated carbocycles. The number of benzene rings is 1. The molecule has 0 aliphatic carbocycles. The van der Waals surface area contributed by atoms with Gasteiger partial charge in [0, 0.05) is 17.7 Å². The van der Waals surface area contributed by atoms with Gasteiger partial charge in [-0.15, -0.1) is 0 Å². The normalized spacial score (nSPS) is 10.2. The van der Waals surface area contributed by atoms with E-state index in [2.05, 4.69) is 9.97 Å². The summed E-state index contributed by atoms with van der Waals surface area (Å²) in [5.41, 5.74) is 0.897. The molecule has 2 rings (SSSR count). The summed E-state index contributed by atoms with van der Waals surface area (Å²) < 4.78 is 0. The molecule has 0 aliphatic rings. The minimum absolute atomic E-state index is 0.0823. The molecular formula is C10H5Cl2N3O2. The number of hydrogen-bond acceptors (Lipinski definition) is 4. The third-order valence-electron chi connectivity index (χ3n) is 2.07. The van der Waals surface area contributed by atoms with Gasteiger partial charge in [0.15, 0.2) is 0 Å². The lowest BCUT2D eigenvalue weighted by atomic mass is 10.1. The van der Waals surface area contributed by atoms with Crippen LogP contribution in [0.2, 0.25) is 10.2 Å². The molecule has 1 aromatic heterocycles. The molecule has 0 fully saturated rings. The Morgan fingerprint density at radius 3 is 2.59 bits per heavy atom. The van der Waals surface area contributed by atoms with Crippen LogP contribution in [0.5, 0.6) is 0 Å². The molecule has 0 N–H and O–H groups in total. The highest BCUT2D eigenvalue weighted by molar-refractivity contribution is 6.32. The molecule has 0 aliphatic heterocycles. The highest BCUT2D eigenvalue weighted by Crippen LogP contribution is 2.29. The van der Waals surface area contributed by atoms with Crippen LogP contribution in [0.15, 0.2) is 30.6 Å². The van der Waals surface area contributed by atoms with Crippen molar-refractivity contribution < 1.29 is 4.92 Å². The van der Waals surface area contributed by atoms with E-state index in [-0.39, 0.29) is 15.9 Å². The minimum Gasteiger partial charge on any atom is -0.258 e. The summed E-state index contributed by atoms with van der Waals surface area (Å²) in [6, 6.07) is 5.95. The molecule has 7 heteroatoms. The molecule has 0 saturated heterocycles. The van der Waals surface area contributed by atoms with Crippen molar-refractivity contribution in [2.24, 2.45) is 0 Å². The zero-order chi connectivity index (χ0) is 12.4. The van der Waals surface area contributed by atoms with Gasteiger partial charge in [-0.3, -0.25) is 10.1 Å². The van der Waals surface area contributed by atoms with Crippen LogP contribution in [-0.2, 0) is 0 Å². The Morgan fingerprint density at radius 1 is 1.18 bits per heavy atom. The SMILES string of the molecule is O=[N+]([O-])c1cc(-c2cc(Cl)ncn2)ccc1Cl. The molecule has 1 aromatic carbocycles. The Kier molecular flexibility index (Phi) is 3.21. The van der Waals surface area contributed by atoms with Crippen molar-refractivity contribution in [1.29, 1.82) is 0 Å². The maximum atomic E-state index is 10.7. The number of nitro benzene ring substituents is 1. The van der Waals surface area contributed by atoms with Crippen LogP contribution in [0.3, 0.4) is 0 Å². The molecule has 1 heterocycles. The van der Waals surface area contributed by atoms with Crippen LogP contribution in [0.1, 0.15) is 0 Å².